The van der Waals surface area contributed by atoms with Crippen LogP contribution in [0.15, 0.2) is 0 Å². The van der Waals surface area contributed by atoms with Crippen molar-refractivity contribution < 1.29 is 14.3 Å². The van der Waals surface area contributed by atoms with Gasteiger partial charge < -0.3 is 15.0 Å². The highest BCUT2D eigenvalue weighted by atomic mass is 16.6. The molecule has 0 bridgehead atoms. The predicted molar refractivity (Wildman–Crippen MR) is 81.1 cm³/mol. The first-order chi connectivity index (χ1) is 9.69. The van der Waals surface area contributed by atoms with Gasteiger partial charge in [-0.2, -0.15) is 0 Å². The van der Waals surface area contributed by atoms with Gasteiger partial charge in [0, 0.05) is 18.6 Å². The Bertz CT molecular complexity index is 416. The highest BCUT2D eigenvalue weighted by molar-refractivity contribution is 5.81. The molecule has 4 atom stereocenters. The van der Waals surface area contributed by atoms with Gasteiger partial charge in [0.2, 0.25) is 0 Å². The molecule has 4 unspecified atom stereocenters. The van der Waals surface area contributed by atoms with Crippen LogP contribution in [-0.2, 0) is 9.53 Å². The summed E-state index contributed by atoms with van der Waals surface area (Å²) in [6.07, 6.45) is 2.92. The maximum absolute atomic E-state index is 12.3. The molecule has 2 aliphatic rings. The monoisotopic (exact) mass is 296 g/mol. The minimum atomic E-state index is -0.450. The van der Waals surface area contributed by atoms with E-state index in [9.17, 15) is 9.59 Å². The average molecular weight is 296 g/mol. The molecule has 1 aliphatic carbocycles. The fraction of sp³-hybridized carbons (Fsp3) is 0.875. The normalized spacial score (nSPS) is 30.1. The van der Waals surface area contributed by atoms with Gasteiger partial charge in [0.15, 0.2) is 0 Å². The van der Waals surface area contributed by atoms with Gasteiger partial charge in [-0.3, -0.25) is 4.79 Å². The third kappa shape index (κ3) is 4.19. The molecule has 0 radical (unpaired) electrons. The second kappa shape index (κ2) is 5.95. The van der Waals surface area contributed by atoms with Crippen molar-refractivity contribution in [1.29, 1.82) is 0 Å². The Morgan fingerprint density at radius 2 is 2.00 bits per heavy atom. The number of nitrogens with zero attached hydrogens (tertiary/aromatic N) is 1. The highest BCUT2D eigenvalue weighted by Crippen LogP contribution is 2.41. The zero-order chi connectivity index (χ0) is 15.8. The summed E-state index contributed by atoms with van der Waals surface area (Å²) in [5, 5.41) is 3.36. The third-order valence-electron chi connectivity index (χ3n) is 4.34. The number of rotatable bonds is 4. The van der Waals surface area contributed by atoms with Crippen LogP contribution in [0.2, 0.25) is 0 Å². The van der Waals surface area contributed by atoms with Crippen molar-refractivity contribution in [3.8, 4) is 0 Å². The first-order valence-electron chi connectivity index (χ1n) is 7.95. The Morgan fingerprint density at radius 1 is 1.33 bits per heavy atom. The molecule has 21 heavy (non-hydrogen) atoms. The molecule has 1 aliphatic heterocycles. The maximum atomic E-state index is 12.3. The summed E-state index contributed by atoms with van der Waals surface area (Å²) in [5.74, 6) is 0.623. The van der Waals surface area contributed by atoms with E-state index in [2.05, 4.69) is 5.32 Å². The van der Waals surface area contributed by atoms with Gasteiger partial charge in [-0.05, 0) is 59.8 Å². The lowest BCUT2D eigenvalue weighted by Crippen LogP contribution is -2.43. The number of hydrogen-bond acceptors (Lipinski definition) is 4. The molecule has 1 N–H and O–H groups in total. The molecule has 2 rings (SSSR count). The second-order valence-corrected chi connectivity index (χ2v) is 7.39. The van der Waals surface area contributed by atoms with Crippen LogP contribution in [0.1, 0.15) is 53.9 Å². The minimum Gasteiger partial charge on any atom is -0.444 e. The molecular formula is C16H28N2O3. The van der Waals surface area contributed by atoms with E-state index in [4.69, 9.17) is 4.74 Å². The fourth-order valence-electron chi connectivity index (χ4n) is 3.05. The summed E-state index contributed by atoms with van der Waals surface area (Å²) < 4.78 is 5.50. The van der Waals surface area contributed by atoms with E-state index in [1.807, 2.05) is 32.6 Å². The Kier molecular flexibility index (Phi) is 4.61. The predicted octanol–water partition coefficient (Wildman–Crippen LogP) is 2.34. The lowest BCUT2D eigenvalue weighted by atomic mass is 10.1. The van der Waals surface area contributed by atoms with Crippen LogP contribution in [0, 0.1) is 5.92 Å². The number of ether oxygens (including phenoxy) is 1. The van der Waals surface area contributed by atoms with Crippen molar-refractivity contribution >= 4 is 11.9 Å². The van der Waals surface area contributed by atoms with Gasteiger partial charge in [-0.25, -0.2) is 4.79 Å². The van der Waals surface area contributed by atoms with Gasteiger partial charge in [-0.1, -0.05) is 0 Å². The number of ketones is 1. The lowest BCUT2D eigenvalue weighted by molar-refractivity contribution is -0.118. The van der Waals surface area contributed by atoms with E-state index in [1.54, 1.807) is 6.92 Å². The van der Waals surface area contributed by atoms with E-state index >= 15 is 0 Å². The molecule has 1 amide bonds. The zero-order valence-corrected chi connectivity index (χ0v) is 13.8. The molecule has 1 saturated heterocycles. The first-order valence-corrected chi connectivity index (χ1v) is 7.95. The quantitative estimate of drug-likeness (QED) is 0.865. The average Bonchev–Trinajstić information content (AvgIpc) is 2.91. The molecule has 5 heteroatoms. The molecule has 0 aromatic rings. The van der Waals surface area contributed by atoms with E-state index in [1.165, 1.54) is 0 Å². The van der Waals surface area contributed by atoms with Crippen molar-refractivity contribution in [3.05, 3.63) is 0 Å². The smallest absolute Gasteiger partial charge is 0.410 e. The number of nitrogens with one attached hydrogen (secondary N) is 1. The largest absolute Gasteiger partial charge is 0.444 e. The van der Waals surface area contributed by atoms with Crippen LogP contribution in [0.3, 0.4) is 0 Å². The number of carbonyl (C=O) groups excluding carboxylic acids is 2. The Morgan fingerprint density at radius 3 is 2.57 bits per heavy atom. The van der Waals surface area contributed by atoms with E-state index < -0.39 is 5.60 Å². The van der Waals surface area contributed by atoms with Crippen LogP contribution in [0.5, 0.6) is 0 Å². The van der Waals surface area contributed by atoms with Crippen molar-refractivity contribution in [2.24, 2.45) is 5.92 Å². The standard InChI is InChI=1S/C16H28N2O3/c1-10(11(2)19)17-13-9-12(13)14-7-6-8-18(14)15(20)21-16(3,4)5/h10,12-14,17H,6-9H2,1-5H3. The van der Waals surface area contributed by atoms with Gasteiger partial charge >= 0.3 is 6.09 Å². The number of carbonyl (C=O) groups is 2. The van der Waals surface area contributed by atoms with Crippen molar-refractivity contribution in [3.63, 3.8) is 0 Å². The van der Waals surface area contributed by atoms with Crippen molar-refractivity contribution in [2.45, 2.75) is 77.6 Å². The topological polar surface area (TPSA) is 58.6 Å². The van der Waals surface area contributed by atoms with Gasteiger partial charge in [0.1, 0.15) is 11.4 Å². The Balaban J connectivity index is 1.89. The molecule has 2 fully saturated rings. The summed E-state index contributed by atoms with van der Waals surface area (Å²) >= 11 is 0. The zero-order valence-electron chi connectivity index (χ0n) is 13.8. The number of Topliss-reactive ketones (excluding diaryl/α,β-unsaturated/α-hetero) is 1. The minimum absolute atomic E-state index is 0.101. The Labute approximate surface area is 127 Å². The molecule has 0 aromatic carbocycles. The number of hydrogen-bond donors (Lipinski definition) is 1. The van der Waals surface area contributed by atoms with Crippen LogP contribution in [0.4, 0.5) is 4.79 Å². The van der Waals surface area contributed by atoms with Crippen LogP contribution < -0.4 is 5.32 Å². The van der Waals surface area contributed by atoms with Gasteiger partial charge in [0.25, 0.3) is 0 Å². The van der Waals surface area contributed by atoms with Crippen LogP contribution >= 0.6 is 0 Å². The first kappa shape index (κ1) is 16.3. The summed E-state index contributed by atoms with van der Waals surface area (Å²) in [5.41, 5.74) is -0.450. The molecule has 0 aromatic heterocycles. The summed E-state index contributed by atoms with van der Waals surface area (Å²) in [4.78, 5) is 25.5. The molecule has 0 spiro atoms. The van der Waals surface area contributed by atoms with Crippen molar-refractivity contribution in [1.82, 2.24) is 10.2 Å². The number of likely N-dealkylation sites (tertiary alicyclic amines) is 1. The summed E-state index contributed by atoms with van der Waals surface area (Å²) in [6, 6.07) is 0.518. The second-order valence-electron chi connectivity index (χ2n) is 7.39. The van der Waals surface area contributed by atoms with Crippen LogP contribution in [-0.4, -0.2) is 47.0 Å². The molecule has 5 nitrogen and oxygen atoms in total. The molecule has 1 heterocycles. The maximum Gasteiger partial charge on any atom is 0.410 e. The van der Waals surface area contributed by atoms with Crippen LogP contribution in [0.25, 0.3) is 0 Å². The lowest BCUT2D eigenvalue weighted by Gasteiger charge is -2.29. The van der Waals surface area contributed by atoms with Crippen molar-refractivity contribution in [2.75, 3.05) is 6.54 Å². The van der Waals surface area contributed by atoms with Gasteiger partial charge in [0.05, 0.1) is 6.04 Å². The van der Waals surface area contributed by atoms with E-state index in [0.29, 0.717) is 12.0 Å². The van der Waals surface area contributed by atoms with E-state index in [0.717, 1.165) is 25.8 Å². The Hall–Kier alpha value is -1.10. The molecule has 120 valence electrons. The summed E-state index contributed by atoms with van der Waals surface area (Å²) in [7, 11) is 0. The van der Waals surface area contributed by atoms with E-state index in [-0.39, 0.29) is 24.0 Å². The molecule has 1 saturated carbocycles. The summed E-state index contributed by atoms with van der Waals surface area (Å²) in [6.45, 7) is 9.98. The fourth-order valence-corrected chi connectivity index (χ4v) is 3.05. The molecular weight excluding hydrogens is 268 g/mol. The van der Waals surface area contributed by atoms with Gasteiger partial charge in [-0.15, -0.1) is 0 Å². The SMILES string of the molecule is CC(=O)C(C)NC1CC1C1CCCN1C(=O)OC(C)(C)C. The third-order valence-corrected chi connectivity index (χ3v) is 4.34. The number of amides is 1. The highest BCUT2D eigenvalue weighted by Gasteiger charge is 2.49.